The van der Waals surface area contributed by atoms with Crippen molar-refractivity contribution in [3.05, 3.63) is 41.2 Å². The van der Waals surface area contributed by atoms with Crippen LogP contribution in [-0.4, -0.2) is 21.5 Å². The fraction of sp³-hybridized carbons (Fsp3) is 0.357. The van der Waals surface area contributed by atoms with Gasteiger partial charge in [-0.2, -0.15) is 4.91 Å². The van der Waals surface area contributed by atoms with Crippen molar-refractivity contribution in [1.82, 2.24) is 15.0 Å². The summed E-state index contributed by atoms with van der Waals surface area (Å²) in [7, 11) is 0. The highest BCUT2D eigenvalue weighted by molar-refractivity contribution is 5.57. The second-order valence-electron chi connectivity index (χ2n) is 5.18. The van der Waals surface area contributed by atoms with E-state index in [0.717, 1.165) is 36.1 Å². The Morgan fingerprint density at radius 2 is 1.90 bits per heavy atom. The van der Waals surface area contributed by atoms with Crippen molar-refractivity contribution in [2.45, 2.75) is 24.7 Å². The quantitative estimate of drug-likeness (QED) is 0.859. The minimum atomic E-state index is -0.0924. The van der Waals surface area contributed by atoms with E-state index in [1.54, 1.807) is 12.4 Å². The molecular weight excluding hydrogens is 254 g/mol. The molecule has 0 saturated heterocycles. The van der Waals surface area contributed by atoms with E-state index < -0.39 is 0 Å². The minimum absolute atomic E-state index is 0.0924. The molecule has 0 aliphatic heterocycles. The van der Waals surface area contributed by atoms with Gasteiger partial charge in [-0.15, -0.1) is 0 Å². The van der Waals surface area contributed by atoms with E-state index in [-0.39, 0.29) is 11.4 Å². The third-order valence-corrected chi connectivity index (χ3v) is 4.02. The maximum atomic E-state index is 10.6. The van der Waals surface area contributed by atoms with E-state index in [4.69, 9.17) is 5.73 Å². The first-order valence-corrected chi connectivity index (χ1v) is 6.57. The van der Waals surface area contributed by atoms with E-state index in [0.29, 0.717) is 6.54 Å². The molecule has 1 aliphatic rings. The molecule has 2 aromatic heterocycles. The Labute approximate surface area is 116 Å². The highest BCUT2D eigenvalue weighted by Crippen LogP contribution is 2.43. The highest BCUT2D eigenvalue weighted by Gasteiger charge is 2.39. The van der Waals surface area contributed by atoms with Gasteiger partial charge in [0.25, 0.3) is 0 Å². The van der Waals surface area contributed by atoms with Crippen molar-refractivity contribution in [2.75, 3.05) is 12.3 Å². The molecule has 1 aliphatic carbocycles. The fourth-order valence-corrected chi connectivity index (χ4v) is 2.61. The van der Waals surface area contributed by atoms with Crippen LogP contribution in [0, 0.1) is 4.91 Å². The molecule has 0 radical (unpaired) electrons. The van der Waals surface area contributed by atoms with Crippen molar-refractivity contribution < 1.29 is 0 Å². The summed E-state index contributed by atoms with van der Waals surface area (Å²) in [6.07, 6.45) is 8.28. The normalized spacial score (nSPS) is 16.4. The minimum Gasteiger partial charge on any atom is -0.368 e. The predicted molar refractivity (Wildman–Crippen MR) is 75.9 cm³/mol. The van der Waals surface area contributed by atoms with E-state index >= 15 is 0 Å². The fourth-order valence-electron chi connectivity index (χ4n) is 2.61. The van der Waals surface area contributed by atoms with Crippen LogP contribution < -0.4 is 5.73 Å². The van der Waals surface area contributed by atoms with Gasteiger partial charge in [0.05, 0.1) is 12.2 Å². The van der Waals surface area contributed by atoms with Crippen molar-refractivity contribution in [3.8, 4) is 11.3 Å². The lowest BCUT2D eigenvalue weighted by Crippen LogP contribution is -2.37. The molecule has 2 aromatic rings. The average Bonchev–Trinajstić information content (AvgIpc) is 2.44. The van der Waals surface area contributed by atoms with Crippen molar-refractivity contribution >= 4 is 5.95 Å². The highest BCUT2D eigenvalue weighted by atomic mass is 16.3. The number of pyridine rings is 1. The van der Waals surface area contributed by atoms with Gasteiger partial charge in [-0.3, -0.25) is 4.98 Å². The second kappa shape index (κ2) is 4.96. The molecule has 0 bridgehead atoms. The van der Waals surface area contributed by atoms with Crippen molar-refractivity contribution in [1.29, 1.82) is 0 Å². The molecule has 102 valence electrons. The predicted octanol–water partition coefficient (Wildman–Crippen LogP) is 2.31. The molecule has 0 aromatic carbocycles. The Bertz CT molecular complexity index is 604. The van der Waals surface area contributed by atoms with Crippen LogP contribution in [-0.2, 0) is 5.41 Å². The van der Waals surface area contributed by atoms with Gasteiger partial charge in [-0.05, 0) is 24.5 Å². The molecule has 1 fully saturated rings. The third-order valence-electron chi connectivity index (χ3n) is 4.02. The molecule has 0 atom stereocenters. The zero-order valence-electron chi connectivity index (χ0n) is 11.0. The van der Waals surface area contributed by atoms with E-state index in [9.17, 15) is 4.91 Å². The zero-order valence-corrected chi connectivity index (χ0v) is 11.0. The number of aromatic nitrogens is 3. The Balaban J connectivity index is 1.87. The van der Waals surface area contributed by atoms with Crippen molar-refractivity contribution in [3.63, 3.8) is 0 Å². The first-order chi connectivity index (χ1) is 9.73. The molecule has 0 amide bonds. The molecular formula is C14H15N5O. The summed E-state index contributed by atoms with van der Waals surface area (Å²) in [5.74, 6) is 0.246. The second-order valence-corrected chi connectivity index (χ2v) is 5.18. The number of nitrogens with zero attached hydrogens (tertiary/aromatic N) is 4. The first-order valence-electron chi connectivity index (χ1n) is 6.57. The Kier molecular flexibility index (Phi) is 3.14. The van der Waals surface area contributed by atoms with E-state index in [1.807, 2.05) is 18.3 Å². The van der Waals surface area contributed by atoms with Gasteiger partial charge in [0.15, 0.2) is 0 Å². The number of hydrogen-bond donors (Lipinski definition) is 1. The summed E-state index contributed by atoms with van der Waals surface area (Å²) in [6.45, 7) is 0.332. The summed E-state index contributed by atoms with van der Waals surface area (Å²) in [5.41, 5.74) is 8.07. The van der Waals surface area contributed by atoms with Gasteiger partial charge in [-0.1, -0.05) is 17.7 Å². The van der Waals surface area contributed by atoms with Crippen LogP contribution in [0.1, 0.15) is 24.8 Å². The van der Waals surface area contributed by atoms with Gasteiger partial charge in [0.1, 0.15) is 0 Å². The van der Waals surface area contributed by atoms with E-state index in [1.165, 1.54) is 0 Å². The monoisotopic (exact) mass is 269 g/mol. The molecule has 6 nitrogen and oxygen atoms in total. The lowest BCUT2D eigenvalue weighted by molar-refractivity contribution is 0.252. The third kappa shape index (κ3) is 2.13. The smallest absolute Gasteiger partial charge is 0.219 e. The van der Waals surface area contributed by atoms with Crippen LogP contribution in [0.2, 0.25) is 0 Å². The lowest BCUT2D eigenvalue weighted by atomic mass is 9.65. The summed E-state index contributed by atoms with van der Waals surface area (Å²) in [6, 6.07) is 3.94. The van der Waals surface area contributed by atoms with Crippen LogP contribution in [0.25, 0.3) is 11.3 Å². The Morgan fingerprint density at radius 1 is 1.15 bits per heavy atom. The maximum Gasteiger partial charge on any atom is 0.219 e. The Morgan fingerprint density at radius 3 is 2.40 bits per heavy atom. The number of nitrogens with two attached hydrogens (primary N) is 1. The van der Waals surface area contributed by atoms with Gasteiger partial charge in [0, 0.05) is 29.6 Å². The summed E-state index contributed by atoms with van der Waals surface area (Å²) in [4.78, 5) is 23.0. The molecule has 20 heavy (non-hydrogen) atoms. The largest absolute Gasteiger partial charge is 0.368 e. The maximum absolute atomic E-state index is 10.6. The molecule has 2 heterocycles. The van der Waals surface area contributed by atoms with Crippen LogP contribution in [0.5, 0.6) is 0 Å². The van der Waals surface area contributed by atoms with Gasteiger partial charge < -0.3 is 5.73 Å². The number of hydrogen-bond acceptors (Lipinski definition) is 6. The van der Waals surface area contributed by atoms with Gasteiger partial charge >= 0.3 is 0 Å². The summed E-state index contributed by atoms with van der Waals surface area (Å²) >= 11 is 0. The van der Waals surface area contributed by atoms with Gasteiger partial charge in [-0.25, -0.2) is 9.97 Å². The van der Waals surface area contributed by atoms with E-state index in [2.05, 4.69) is 20.1 Å². The molecule has 1 saturated carbocycles. The molecule has 3 rings (SSSR count). The molecule has 2 N–H and O–H groups in total. The average molecular weight is 269 g/mol. The zero-order chi connectivity index (χ0) is 14.0. The number of nitrogen functional groups attached to an aromatic ring is 1. The number of nitroso groups, excluding NO2 is 1. The molecule has 0 spiro atoms. The topological polar surface area (TPSA) is 94.1 Å². The lowest BCUT2D eigenvalue weighted by Gasteiger charge is -2.40. The standard InChI is InChI=1S/C14H15N5O/c15-13-17-6-10(7-18-13)12-3-2-11(8-16-12)14(9-19-20)4-1-5-14/h2-3,6-8H,1,4-5,9H2,(H2,15,17,18). The summed E-state index contributed by atoms with van der Waals surface area (Å²) in [5, 5.41) is 3.08. The SMILES string of the molecule is Nc1ncc(-c2ccc(C3(CN=O)CCC3)cn2)cn1. The van der Waals surface area contributed by atoms with Crippen LogP contribution in [0.15, 0.2) is 35.9 Å². The number of anilines is 1. The van der Waals surface area contributed by atoms with Crippen molar-refractivity contribution in [2.24, 2.45) is 5.18 Å². The van der Waals surface area contributed by atoms with Crippen LogP contribution in [0.4, 0.5) is 5.95 Å². The van der Waals surface area contributed by atoms with Gasteiger partial charge in [0.2, 0.25) is 5.95 Å². The number of rotatable bonds is 4. The van der Waals surface area contributed by atoms with Crippen LogP contribution >= 0.6 is 0 Å². The van der Waals surface area contributed by atoms with Crippen LogP contribution in [0.3, 0.4) is 0 Å². The summed E-state index contributed by atoms with van der Waals surface area (Å²) < 4.78 is 0. The first kappa shape index (κ1) is 12.7. The molecule has 6 heteroatoms. The Hall–Kier alpha value is -2.37. The molecule has 0 unspecified atom stereocenters.